The maximum atomic E-state index is 13.4. The van der Waals surface area contributed by atoms with Gasteiger partial charge in [0, 0.05) is 6.54 Å². The van der Waals surface area contributed by atoms with E-state index in [2.05, 4.69) is 6.92 Å². The summed E-state index contributed by atoms with van der Waals surface area (Å²) in [6.45, 7) is 2.66. The standard InChI is InChI=1S/C24H25NO5/c1-4-5-8-13-25-21(15-11-12-18(28-2)19(14-15)29-3)20-22(26)16-9-6-7-10-17(16)30-23(20)24(25)27/h6-7,9-12,14,21H,4-5,8,13H2,1-3H3. The fourth-order valence-electron chi connectivity index (χ4n) is 4.10. The molecular formula is C24H25NO5. The van der Waals surface area contributed by atoms with Crippen molar-refractivity contribution < 1.29 is 18.7 Å². The van der Waals surface area contributed by atoms with Crippen LogP contribution in [0.4, 0.5) is 0 Å². The number of carbonyl (C=O) groups is 1. The van der Waals surface area contributed by atoms with Crippen LogP contribution in [0.15, 0.2) is 51.7 Å². The predicted molar refractivity (Wildman–Crippen MR) is 114 cm³/mol. The highest BCUT2D eigenvalue weighted by Crippen LogP contribution is 2.41. The quantitative estimate of drug-likeness (QED) is 0.538. The molecule has 1 aliphatic rings. The summed E-state index contributed by atoms with van der Waals surface area (Å²) in [5, 5.41) is 0.477. The van der Waals surface area contributed by atoms with Crippen LogP contribution in [0.3, 0.4) is 0 Å². The number of unbranched alkanes of at least 4 members (excludes halogenated alkanes) is 2. The number of amides is 1. The van der Waals surface area contributed by atoms with Crippen LogP contribution in [0.5, 0.6) is 11.5 Å². The first-order chi connectivity index (χ1) is 14.6. The second kappa shape index (κ2) is 8.22. The minimum atomic E-state index is -0.523. The molecule has 0 N–H and O–H groups in total. The fourth-order valence-corrected chi connectivity index (χ4v) is 4.10. The zero-order valence-corrected chi connectivity index (χ0v) is 17.4. The lowest BCUT2D eigenvalue weighted by Gasteiger charge is -2.25. The molecule has 30 heavy (non-hydrogen) atoms. The van der Waals surface area contributed by atoms with Gasteiger partial charge in [-0.15, -0.1) is 0 Å². The monoisotopic (exact) mass is 407 g/mol. The number of rotatable bonds is 7. The molecule has 0 aliphatic carbocycles. The molecule has 2 aromatic carbocycles. The number of hydrogen-bond donors (Lipinski definition) is 0. The van der Waals surface area contributed by atoms with Gasteiger partial charge in [-0.05, 0) is 36.2 Å². The van der Waals surface area contributed by atoms with E-state index in [4.69, 9.17) is 13.9 Å². The third-order valence-corrected chi connectivity index (χ3v) is 5.60. The van der Waals surface area contributed by atoms with Crippen molar-refractivity contribution in [2.24, 2.45) is 0 Å². The molecule has 4 rings (SSSR count). The zero-order valence-electron chi connectivity index (χ0n) is 17.4. The Morgan fingerprint density at radius 2 is 1.77 bits per heavy atom. The van der Waals surface area contributed by atoms with E-state index >= 15 is 0 Å². The highest BCUT2D eigenvalue weighted by Gasteiger charge is 2.42. The summed E-state index contributed by atoms with van der Waals surface area (Å²) < 4.78 is 16.7. The van der Waals surface area contributed by atoms with Crippen LogP contribution in [-0.4, -0.2) is 31.6 Å². The maximum absolute atomic E-state index is 13.4. The number of fused-ring (bicyclic) bond motifs is 2. The van der Waals surface area contributed by atoms with Gasteiger partial charge in [0.25, 0.3) is 5.91 Å². The molecule has 1 aromatic heterocycles. The lowest BCUT2D eigenvalue weighted by Crippen LogP contribution is -2.30. The molecule has 0 bridgehead atoms. The molecule has 1 unspecified atom stereocenters. The summed E-state index contributed by atoms with van der Waals surface area (Å²) in [7, 11) is 3.14. The number of benzene rings is 2. The van der Waals surface area contributed by atoms with E-state index in [0.717, 1.165) is 24.8 Å². The van der Waals surface area contributed by atoms with Crippen LogP contribution in [0.1, 0.15) is 53.9 Å². The van der Waals surface area contributed by atoms with Crippen molar-refractivity contribution in [1.29, 1.82) is 0 Å². The fraction of sp³-hybridized carbons (Fsp3) is 0.333. The number of methoxy groups -OCH3 is 2. The van der Waals surface area contributed by atoms with Crippen molar-refractivity contribution in [2.75, 3.05) is 20.8 Å². The van der Waals surface area contributed by atoms with Crippen molar-refractivity contribution in [1.82, 2.24) is 4.90 Å². The smallest absolute Gasteiger partial charge is 0.290 e. The first kappa shape index (κ1) is 20.0. The molecule has 0 radical (unpaired) electrons. The normalized spacial score (nSPS) is 15.5. The number of carbonyl (C=O) groups excluding carboxylic acids is 1. The summed E-state index contributed by atoms with van der Waals surface area (Å²) in [4.78, 5) is 28.4. The van der Waals surface area contributed by atoms with E-state index in [9.17, 15) is 9.59 Å². The lowest BCUT2D eigenvalue weighted by atomic mass is 9.98. The minimum Gasteiger partial charge on any atom is -0.493 e. The second-order valence-electron chi connectivity index (χ2n) is 7.39. The molecule has 0 spiro atoms. The summed E-state index contributed by atoms with van der Waals surface area (Å²) >= 11 is 0. The summed E-state index contributed by atoms with van der Waals surface area (Å²) in [6.07, 6.45) is 2.90. The highest BCUT2D eigenvalue weighted by atomic mass is 16.5. The lowest BCUT2D eigenvalue weighted by molar-refractivity contribution is 0.0724. The Kier molecular flexibility index (Phi) is 5.48. The van der Waals surface area contributed by atoms with E-state index < -0.39 is 6.04 Å². The van der Waals surface area contributed by atoms with Crippen LogP contribution < -0.4 is 14.9 Å². The molecule has 0 saturated heterocycles. The van der Waals surface area contributed by atoms with Crippen molar-refractivity contribution in [3.63, 3.8) is 0 Å². The molecule has 2 heterocycles. The number of ether oxygens (including phenoxy) is 2. The van der Waals surface area contributed by atoms with Crippen LogP contribution in [0, 0.1) is 0 Å². The van der Waals surface area contributed by atoms with E-state index in [-0.39, 0.29) is 17.1 Å². The van der Waals surface area contributed by atoms with Crippen LogP contribution in [0.25, 0.3) is 11.0 Å². The molecule has 0 saturated carbocycles. The van der Waals surface area contributed by atoms with E-state index in [1.807, 2.05) is 12.1 Å². The average molecular weight is 407 g/mol. The Bertz CT molecular complexity index is 1150. The van der Waals surface area contributed by atoms with Gasteiger partial charge in [-0.2, -0.15) is 0 Å². The van der Waals surface area contributed by atoms with Crippen LogP contribution in [-0.2, 0) is 0 Å². The van der Waals surface area contributed by atoms with Gasteiger partial charge >= 0.3 is 0 Å². The highest BCUT2D eigenvalue weighted by molar-refractivity contribution is 5.99. The van der Waals surface area contributed by atoms with Gasteiger partial charge in [-0.3, -0.25) is 9.59 Å². The number of hydrogen-bond acceptors (Lipinski definition) is 5. The first-order valence-electron chi connectivity index (χ1n) is 10.2. The van der Waals surface area contributed by atoms with Gasteiger partial charge in [0.05, 0.1) is 31.2 Å². The van der Waals surface area contributed by atoms with Gasteiger partial charge in [0.1, 0.15) is 5.58 Å². The molecule has 3 aromatic rings. The molecule has 1 aliphatic heterocycles. The topological polar surface area (TPSA) is 69.0 Å². The Balaban J connectivity index is 1.91. The van der Waals surface area contributed by atoms with Crippen LogP contribution in [0.2, 0.25) is 0 Å². The Morgan fingerprint density at radius 1 is 1.00 bits per heavy atom. The number of nitrogens with zero attached hydrogens (tertiary/aromatic N) is 1. The molecule has 6 heteroatoms. The average Bonchev–Trinajstić information content (AvgIpc) is 3.05. The molecule has 1 atom stereocenters. The summed E-state index contributed by atoms with van der Waals surface area (Å²) in [5.74, 6) is 1.03. The molecule has 6 nitrogen and oxygen atoms in total. The van der Waals surface area contributed by atoms with Crippen LogP contribution >= 0.6 is 0 Å². The van der Waals surface area contributed by atoms with E-state index in [1.54, 1.807) is 49.5 Å². The molecule has 0 fully saturated rings. The van der Waals surface area contributed by atoms with Gasteiger partial charge in [0.15, 0.2) is 16.9 Å². The third kappa shape index (κ3) is 3.22. The molecule has 156 valence electrons. The molecule has 1 amide bonds. The molecular weight excluding hydrogens is 382 g/mol. The summed E-state index contributed by atoms with van der Waals surface area (Å²) in [5.41, 5.74) is 1.44. The first-order valence-corrected chi connectivity index (χ1v) is 10.2. The number of para-hydroxylation sites is 1. The minimum absolute atomic E-state index is 0.134. The van der Waals surface area contributed by atoms with Crippen molar-refractivity contribution >= 4 is 16.9 Å². The zero-order chi connectivity index (χ0) is 21.3. The Morgan fingerprint density at radius 3 is 2.50 bits per heavy atom. The second-order valence-corrected chi connectivity index (χ2v) is 7.39. The van der Waals surface area contributed by atoms with Gasteiger partial charge in [0.2, 0.25) is 5.76 Å². The Labute approximate surface area is 175 Å². The van der Waals surface area contributed by atoms with Gasteiger partial charge in [-0.25, -0.2) is 0 Å². The van der Waals surface area contributed by atoms with Gasteiger partial charge in [-0.1, -0.05) is 38.0 Å². The van der Waals surface area contributed by atoms with Crippen molar-refractivity contribution in [2.45, 2.75) is 32.2 Å². The SMILES string of the molecule is CCCCCN1C(=O)c2oc3ccccc3c(=O)c2C1c1ccc(OC)c(OC)c1. The van der Waals surface area contributed by atoms with E-state index in [0.29, 0.717) is 34.6 Å². The van der Waals surface area contributed by atoms with Crippen molar-refractivity contribution in [3.8, 4) is 11.5 Å². The predicted octanol–water partition coefficient (Wildman–Crippen LogP) is 4.55. The third-order valence-electron chi connectivity index (χ3n) is 5.60. The Hall–Kier alpha value is -3.28. The van der Waals surface area contributed by atoms with Gasteiger partial charge < -0.3 is 18.8 Å². The summed E-state index contributed by atoms with van der Waals surface area (Å²) in [6, 6.07) is 12.0. The van der Waals surface area contributed by atoms with E-state index in [1.165, 1.54) is 0 Å². The maximum Gasteiger partial charge on any atom is 0.290 e. The van der Waals surface area contributed by atoms with Crippen molar-refractivity contribution in [3.05, 3.63) is 69.6 Å². The largest absolute Gasteiger partial charge is 0.493 e.